The fourth-order valence-corrected chi connectivity index (χ4v) is 4.13. The van der Waals surface area contributed by atoms with Crippen LogP contribution in [0.15, 0.2) is 23.1 Å². The largest absolute Gasteiger partial charge is 0.301 e. The molecule has 0 bridgehead atoms. The molecule has 0 aromatic heterocycles. The Kier molecular flexibility index (Phi) is 3.75. The minimum absolute atomic E-state index is 0.111. The molecule has 4 nitrogen and oxygen atoms in total. The van der Waals surface area contributed by atoms with Crippen LogP contribution in [-0.2, 0) is 16.3 Å². The highest BCUT2D eigenvalue weighted by Gasteiger charge is 2.24. The SMILES string of the molecule is CNC(c1ccc2c(c1)CCCS2(=O)=O)N(C)C. The topological polar surface area (TPSA) is 49.4 Å². The first kappa shape index (κ1) is 13.5. The van der Waals surface area contributed by atoms with E-state index in [2.05, 4.69) is 10.2 Å². The van der Waals surface area contributed by atoms with E-state index in [-0.39, 0.29) is 11.9 Å². The van der Waals surface area contributed by atoms with E-state index in [0.29, 0.717) is 4.90 Å². The van der Waals surface area contributed by atoms with Crippen molar-refractivity contribution in [3.63, 3.8) is 0 Å². The number of hydrogen-bond acceptors (Lipinski definition) is 4. The average Bonchev–Trinajstić information content (AvgIpc) is 2.28. The lowest BCUT2D eigenvalue weighted by Crippen LogP contribution is -2.31. The fourth-order valence-electron chi connectivity index (χ4n) is 2.55. The predicted octanol–water partition coefficient (Wildman–Crippen LogP) is 1.19. The molecule has 1 aromatic rings. The third kappa shape index (κ3) is 2.43. The zero-order valence-electron chi connectivity index (χ0n) is 11.1. The first-order valence-electron chi connectivity index (χ1n) is 6.15. The number of hydrogen-bond donors (Lipinski definition) is 1. The number of aryl methyl sites for hydroxylation is 1. The molecule has 2 rings (SSSR count). The van der Waals surface area contributed by atoms with Crippen molar-refractivity contribution < 1.29 is 8.42 Å². The molecule has 0 radical (unpaired) electrons. The summed E-state index contributed by atoms with van der Waals surface area (Å²) in [6, 6.07) is 5.68. The van der Waals surface area contributed by atoms with Gasteiger partial charge in [0.25, 0.3) is 0 Å². The minimum Gasteiger partial charge on any atom is -0.301 e. The summed E-state index contributed by atoms with van der Waals surface area (Å²) in [6.07, 6.45) is 1.69. The van der Waals surface area contributed by atoms with Gasteiger partial charge in [-0.3, -0.25) is 4.90 Å². The lowest BCUT2D eigenvalue weighted by atomic mass is 10.0. The molecule has 100 valence electrons. The second-order valence-corrected chi connectivity index (χ2v) is 7.02. The number of rotatable bonds is 3. The number of nitrogens with one attached hydrogen (secondary N) is 1. The highest BCUT2D eigenvalue weighted by atomic mass is 32.2. The standard InChI is InChI=1S/C13H20N2O2S/c1-14-13(15(2)3)11-6-7-12-10(9-11)5-4-8-18(12,16)17/h6-7,9,13-14H,4-5,8H2,1-3H3. The molecule has 0 saturated carbocycles. The summed E-state index contributed by atoms with van der Waals surface area (Å²) in [7, 11) is 2.85. The number of benzene rings is 1. The van der Waals surface area contributed by atoms with Crippen LogP contribution in [0.1, 0.15) is 23.7 Å². The molecule has 0 fully saturated rings. The van der Waals surface area contributed by atoms with Gasteiger partial charge in [-0.1, -0.05) is 12.1 Å². The Morgan fingerprint density at radius 3 is 2.67 bits per heavy atom. The summed E-state index contributed by atoms with van der Waals surface area (Å²) >= 11 is 0. The molecule has 1 unspecified atom stereocenters. The number of fused-ring (bicyclic) bond motifs is 1. The van der Waals surface area contributed by atoms with Crippen LogP contribution in [0.5, 0.6) is 0 Å². The maximum Gasteiger partial charge on any atom is 0.178 e. The van der Waals surface area contributed by atoms with E-state index in [0.717, 1.165) is 24.0 Å². The van der Waals surface area contributed by atoms with E-state index in [1.54, 1.807) is 6.07 Å². The van der Waals surface area contributed by atoms with Crippen molar-refractivity contribution in [1.82, 2.24) is 10.2 Å². The van der Waals surface area contributed by atoms with Crippen molar-refractivity contribution in [2.75, 3.05) is 26.9 Å². The summed E-state index contributed by atoms with van der Waals surface area (Å²) < 4.78 is 23.9. The highest BCUT2D eigenvalue weighted by molar-refractivity contribution is 7.91. The molecule has 0 amide bonds. The minimum atomic E-state index is -3.05. The van der Waals surface area contributed by atoms with Gasteiger partial charge in [0.05, 0.1) is 16.8 Å². The van der Waals surface area contributed by atoms with Gasteiger partial charge in [-0.25, -0.2) is 8.42 Å². The highest BCUT2D eigenvalue weighted by Crippen LogP contribution is 2.28. The van der Waals surface area contributed by atoms with E-state index in [1.807, 2.05) is 33.3 Å². The van der Waals surface area contributed by atoms with Gasteiger partial charge in [-0.2, -0.15) is 0 Å². The van der Waals surface area contributed by atoms with E-state index < -0.39 is 9.84 Å². The van der Waals surface area contributed by atoms with Crippen LogP contribution in [0.4, 0.5) is 0 Å². The molecule has 1 aliphatic heterocycles. The van der Waals surface area contributed by atoms with Crippen molar-refractivity contribution in [2.24, 2.45) is 0 Å². The van der Waals surface area contributed by atoms with Crippen molar-refractivity contribution in [2.45, 2.75) is 23.9 Å². The molecule has 0 spiro atoms. The predicted molar refractivity (Wildman–Crippen MR) is 72.3 cm³/mol. The molecule has 1 aromatic carbocycles. The maximum atomic E-state index is 11.9. The first-order chi connectivity index (χ1) is 8.45. The summed E-state index contributed by atoms with van der Waals surface area (Å²) in [5, 5.41) is 3.22. The van der Waals surface area contributed by atoms with Crippen LogP contribution < -0.4 is 5.32 Å². The van der Waals surface area contributed by atoms with Crippen molar-refractivity contribution in [3.05, 3.63) is 29.3 Å². The van der Waals surface area contributed by atoms with Crippen LogP contribution in [0.3, 0.4) is 0 Å². The Morgan fingerprint density at radius 1 is 1.33 bits per heavy atom. The van der Waals surface area contributed by atoms with Gasteiger partial charge in [0.1, 0.15) is 0 Å². The third-order valence-corrected chi connectivity index (χ3v) is 5.28. The van der Waals surface area contributed by atoms with E-state index in [4.69, 9.17) is 0 Å². The molecule has 0 saturated heterocycles. The monoisotopic (exact) mass is 268 g/mol. The van der Waals surface area contributed by atoms with Gasteiger partial charge in [0.2, 0.25) is 0 Å². The molecule has 5 heteroatoms. The first-order valence-corrected chi connectivity index (χ1v) is 7.80. The maximum absolute atomic E-state index is 11.9. The zero-order chi connectivity index (χ0) is 13.3. The number of nitrogens with zero attached hydrogens (tertiary/aromatic N) is 1. The Balaban J connectivity index is 2.45. The van der Waals surface area contributed by atoms with Crippen LogP contribution in [-0.4, -0.2) is 40.2 Å². The second kappa shape index (κ2) is 4.99. The van der Waals surface area contributed by atoms with Crippen molar-refractivity contribution in [1.29, 1.82) is 0 Å². The molecule has 0 aliphatic carbocycles. The number of sulfone groups is 1. The summed E-state index contributed by atoms with van der Waals surface area (Å²) in [6.45, 7) is 0. The average molecular weight is 268 g/mol. The molecule has 1 heterocycles. The Hall–Kier alpha value is -0.910. The van der Waals surface area contributed by atoms with Gasteiger partial charge >= 0.3 is 0 Å². The van der Waals surface area contributed by atoms with E-state index in [1.165, 1.54) is 0 Å². The molecular weight excluding hydrogens is 248 g/mol. The summed E-state index contributed by atoms with van der Waals surface area (Å²) in [5.74, 6) is 0.280. The summed E-state index contributed by atoms with van der Waals surface area (Å²) in [5.41, 5.74) is 2.07. The Morgan fingerprint density at radius 2 is 2.06 bits per heavy atom. The van der Waals surface area contributed by atoms with E-state index >= 15 is 0 Å². The second-order valence-electron chi connectivity index (χ2n) is 4.94. The molecule has 18 heavy (non-hydrogen) atoms. The fraction of sp³-hybridized carbons (Fsp3) is 0.538. The molecular formula is C13H20N2O2S. The van der Waals surface area contributed by atoms with Crippen LogP contribution >= 0.6 is 0 Å². The summed E-state index contributed by atoms with van der Waals surface area (Å²) in [4.78, 5) is 2.59. The van der Waals surface area contributed by atoms with E-state index in [9.17, 15) is 8.42 Å². The van der Waals surface area contributed by atoms with Gasteiger partial charge in [-0.15, -0.1) is 0 Å². The third-order valence-electron chi connectivity index (χ3n) is 3.38. The normalized spacial score (nSPS) is 19.6. The van der Waals surface area contributed by atoms with Crippen LogP contribution in [0, 0.1) is 0 Å². The van der Waals surface area contributed by atoms with Crippen molar-refractivity contribution >= 4 is 9.84 Å². The van der Waals surface area contributed by atoms with Crippen molar-refractivity contribution in [3.8, 4) is 0 Å². The van der Waals surface area contributed by atoms with Crippen LogP contribution in [0.2, 0.25) is 0 Å². The zero-order valence-corrected chi connectivity index (χ0v) is 11.9. The molecule has 1 aliphatic rings. The quantitative estimate of drug-likeness (QED) is 0.837. The van der Waals surface area contributed by atoms with Gasteiger partial charge in [-0.05, 0) is 51.2 Å². The molecule has 1 N–H and O–H groups in total. The lowest BCUT2D eigenvalue weighted by molar-refractivity contribution is 0.264. The lowest BCUT2D eigenvalue weighted by Gasteiger charge is -2.26. The van der Waals surface area contributed by atoms with Gasteiger partial charge < -0.3 is 5.32 Å². The Labute approximate surface area is 109 Å². The smallest absolute Gasteiger partial charge is 0.178 e. The molecule has 1 atom stereocenters. The van der Waals surface area contributed by atoms with Gasteiger partial charge in [0, 0.05) is 0 Å². The van der Waals surface area contributed by atoms with Crippen LogP contribution in [0.25, 0.3) is 0 Å². The Bertz CT molecular complexity index is 538. The van der Waals surface area contributed by atoms with Gasteiger partial charge in [0.15, 0.2) is 9.84 Å².